The van der Waals surface area contributed by atoms with Crippen molar-refractivity contribution in [1.29, 1.82) is 0 Å². The van der Waals surface area contributed by atoms with E-state index in [1.807, 2.05) is 37.3 Å². The molecule has 3 nitrogen and oxygen atoms in total. The summed E-state index contributed by atoms with van der Waals surface area (Å²) in [5.74, 6) is 0.0227. The van der Waals surface area contributed by atoms with Crippen molar-refractivity contribution >= 4 is 0 Å². The van der Waals surface area contributed by atoms with E-state index in [2.05, 4.69) is 0 Å². The molecule has 1 aliphatic rings. The molecule has 122 valence electrons. The van der Waals surface area contributed by atoms with Crippen molar-refractivity contribution in [3.63, 3.8) is 0 Å². The van der Waals surface area contributed by atoms with Crippen molar-refractivity contribution in [2.45, 2.75) is 38.1 Å². The van der Waals surface area contributed by atoms with Crippen LogP contribution < -0.4 is 4.74 Å². The smallest absolute Gasteiger partial charge is 0.127 e. The lowest BCUT2D eigenvalue weighted by molar-refractivity contribution is -0.101. The van der Waals surface area contributed by atoms with Gasteiger partial charge in [0.15, 0.2) is 0 Å². The van der Waals surface area contributed by atoms with E-state index in [9.17, 15) is 9.50 Å². The number of rotatable bonds is 4. The summed E-state index contributed by atoms with van der Waals surface area (Å²) in [6.45, 7) is 2.74. The fraction of sp³-hybridized carbons (Fsp3) is 0.368. The van der Waals surface area contributed by atoms with Gasteiger partial charge in [0, 0.05) is 18.9 Å². The fourth-order valence-electron chi connectivity index (χ4n) is 2.98. The lowest BCUT2D eigenvalue weighted by Crippen LogP contribution is -2.37. The predicted molar refractivity (Wildman–Crippen MR) is 85.7 cm³/mol. The number of hydrogen-bond acceptors (Lipinski definition) is 3. The SMILES string of the molecule is CC1CC(O)(c2cc(F)cc(OCc3ccccc3)c2)CCO1. The summed E-state index contributed by atoms with van der Waals surface area (Å²) in [7, 11) is 0. The molecule has 1 aliphatic heterocycles. The average Bonchev–Trinajstić information content (AvgIpc) is 2.53. The number of ether oxygens (including phenoxy) is 2. The Balaban J connectivity index is 1.79. The van der Waals surface area contributed by atoms with Gasteiger partial charge < -0.3 is 14.6 Å². The molecule has 1 heterocycles. The summed E-state index contributed by atoms with van der Waals surface area (Å²) in [5.41, 5.74) is 0.498. The average molecular weight is 316 g/mol. The Bertz CT molecular complexity index is 659. The van der Waals surface area contributed by atoms with Gasteiger partial charge in [-0.1, -0.05) is 30.3 Å². The molecule has 1 N–H and O–H groups in total. The molecule has 3 rings (SSSR count). The molecule has 0 bridgehead atoms. The van der Waals surface area contributed by atoms with Gasteiger partial charge in [0.2, 0.25) is 0 Å². The fourth-order valence-corrected chi connectivity index (χ4v) is 2.98. The van der Waals surface area contributed by atoms with Gasteiger partial charge in [-0.05, 0) is 30.2 Å². The van der Waals surface area contributed by atoms with E-state index in [-0.39, 0.29) is 6.10 Å². The quantitative estimate of drug-likeness (QED) is 0.932. The first-order valence-electron chi connectivity index (χ1n) is 7.87. The Morgan fingerprint density at radius 3 is 2.78 bits per heavy atom. The molecule has 0 spiro atoms. The summed E-state index contributed by atoms with van der Waals surface area (Å²) >= 11 is 0. The van der Waals surface area contributed by atoms with Crippen LogP contribution in [0.15, 0.2) is 48.5 Å². The molecule has 0 radical (unpaired) electrons. The van der Waals surface area contributed by atoms with Crippen molar-refractivity contribution in [3.05, 3.63) is 65.5 Å². The Morgan fingerprint density at radius 1 is 1.26 bits per heavy atom. The van der Waals surface area contributed by atoms with Crippen molar-refractivity contribution in [1.82, 2.24) is 0 Å². The largest absolute Gasteiger partial charge is 0.489 e. The van der Waals surface area contributed by atoms with E-state index in [1.54, 1.807) is 6.07 Å². The number of aliphatic hydroxyl groups is 1. The van der Waals surface area contributed by atoms with Crippen LogP contribution in [0.2, 0.25) is 0 Å². The van der Waals surface area contributed by atoms with Crippen LogP contribution >= 0.6 is 0 Å². The van der Waals surface area contributed by atoms with Gasteiger partial charge in [-0.2, -0.15) is 0 Å². The van der Waals surface area contributed by atoms with Gasteiger partial charge in [0.25, 0.3) is 0 Å². The van der Waals surface area contributed by atoms with Crippen molar-refractivity contribution in [2.75, 3.05) is 6.61 Å². The Kier molecular flexibility index (Phi) is 4.64. The Hall–Kier alpha value is -1.91. The maximum atomic E-state index is 14.0. The minimum atomic E-state index is -1.06. The molecule has 1 fully saturated rings. The van der Waals surface area contributed by atoms with Gasteiger partial charge in [-0.15, -0.1) is 0 Å². The van der Waals surface area contributed by atoms with Gasteiger partial charge >= 0.3 is 0 Å². The highest BCUT2D eigenvalue weighted by atomic mass is 19.1. The molecule has 4 heteroatoms. The van der Waals surface area contributed by atoms with E-state index in [1.165, 1.54) is 12.1 Å². The molecule has 0 aromatic heterocycles. The number of benzene rings is 2. The first kappa shape index (κ1) is 16.0. The van der Waals surface area contributed by atoms with Crippen LogP contribution in [0.5, 0.6) is 5.75 Å². The van der Waals surface area contributed by atoms with E-state index in [0.717, 1.165) is 5.56 Å². The van der Waals surface area contributed by atoms with Gasteiger partial charge in [-0.3, -0.25) is 0 Å². The van der Waals surface area contributed by atoms with E-state index >= 15 is 0 Å². The van der Waals surface area contributed by atoms with Gasteiger partial charge in [0.05, 0.1) is 18.3 Å². The summed E-state index contributed by atoms with van der Waals surface area (Å²) < 4.78 is 25.1. The van der Waals surface area contributed by atoms with Crippen molar-refractivity contribution < 1.29 is 19.0 Å². The van der Waals surface area contributed by atoms with Crippen LogP contribution in [0.4, 0.5) is 4.39 Å². The molecule has 0 aliphatic carbocycles. The predicted octanol–water partition coefficient (Wildman–Crippen LogP) is 3.79. The molecule has 2 unspecified atom stereocenters. The summed E-state index contributed by atoms with van der Waals surface area (Å²) in [4.78, 5) is 0. The third-order valence-corrected chi connectivity index (χ3v) is 4.20. The maximum absolute atomic E-state index is 14.0. The molecule has 2 atom stereocenters. The second kappa shape index (κ2) is 6.69. The van der Waals surface area contributed by atoms with Crippen LogP contribution in [0.1, 0.15) is 30.9 Å². The first-order chi connectivity index (χ1) is 11.0. The molecule has 0 amide bonds. The molecule has 1 saturated heterocycles. The molecule has 0 saturated carbocycles. The summed E-state index contributed by atoms with van der Waals surface area (Å²) in [6, 6.07) is 14.2. The van der Waals surface area contributed by atoms with Crippen LogP contribution in [0.25, 0.3) is 0 Å². The highest BCUT2D eigenvalue weighted by Gasteiger charge is 2.35. The third kappa shape index (κ3) is 3.89. The number of hydrogen-bond donors (Lipinski definition) is 1. The second-order valence-electron chi connectivity index (χ2n) is 6.12. The third-order valence-electron chi connectivity index (χ3n) is 4.20. The van der Waals surface area contributed by atoms with Gasteiger partial charge in [-0.25, -0.2) is 4.39 Å². The van der Waals surface area contributed by atoms with E-state index < -0.39 is 11.4 Å². The van der Waals surface area contributed by atoms with Crippen LogP contribution in [0.3, 0.4) is 0 Å². The summed E-state index contributed by atoms with van der Waals surface area (Å²) in [6.07, 6.45) is 0.860. The standard InChI is InChI=1S/C19H21FO3/c1-14-12-19(21,7-8-22-14)16-9-17(20)11-18(10-16)23-13-15-5-3-2-4-6-15/h2-6,9-11,14,21H,7-8,12-13H2,1H3. The first-order valence-corrected chi connectivity index (χ1v) is 7.87. The normalized spacial score (nSPS) is 24.4. The molecule has 2 aromatic rings. The van der Waals surface area contributed by atoms with Crippen molar-refractivity contribution in [2.24, 2.45) is 0 Å². The van der Waals surface area contributed by atoms with Crippen LogP contribution in [0, 0.1) is 5.82 Å². The molecule has 23 heavy (non-hydrogen) atoms. The zero-order valence-corrected chi connectivity index (χ0v) is 13.2. The van der Waals surface area contributed by atoms with E-state index in [0.29, 0.717) is 37.4 Å². The second-order valence-corrected chi connectivity index (χ2v) is 6.12. The highest BCUT2D eigenvalue weighted by molar-refractivity contribution is 5.34. The minimum absolute atomic E-state index is 0.0503. The van der Waals surface area contributed by atoms with Crippen LogP contribution in [-0.4, -0.2) is 17.8 Å². The minimum Gasteiger partial charge on any atom is -0.489 e. The maximum Gasteiger partial charge on any atom is 0.127 e. The van der Waals surface area contributed by atoms with Crippen molar-refractivity contribution in [3.8, 4) is 5.75 Å². The topological polar surface area (TPSA) is 38.7 Å². The van der Waals surface area contributed by atoms with Crippen LogP contribution in [-0.2, 0) is 16.9 Å². The van der Waals surface area contributed by atoms with Gasteiger partial charge in [0.1, 0.15) is 18.2 Å². The lowest BCUT2D eigenvalue weighted by atomic mass is 9.84. The Labute approximate surface area is 135 Å². The zero-order valence-electron chi connectivity index (χ0n) is 13.2. The summed E-state index contributed by atoms with van der Waals surface area (Å²) in [5, 5.41) is 10.8. The lowest BCUT2D eigenvalue weighted by Gasteiger charge is -2.36. The molecular weight excluding hydrogens is 295 g/mol. The zero-order chi connectivity index (χ0) is 16.3. The molecule has 2 aromatic carbocycles. The monoisotopic (exact) mass is 316 g/mol. The molecular formula is C19H21FO3. The van der Waals surface area contributed by atoms with E-state index in [4.69, 9.17) is 9.47 Å². The number of halogens is 1. The Morgan fingerprint density at radius 2 is 2.04 bits per heavy atom. The highest BCUT2D eigenvalue weighted by Crippen LogP contribution is 2.36.